The predicted molar refractivity (Wildman–Crippen MR) is 356 cm³/mol. The van der Waals surface area contributed by atoms with Crippen LogP contribution in [0.25, 0.3) is 153 Å². The fourth-order valence-electron chi connectivity index (χ4n) is 11.5. The largest absolute Gasteiger partial charge is 0.254 e. The molecule has 19 rings (SSSR count). The van der Waals surface area contributed by atoms with Gasteiger partial charge in [-0.05, 0) is 115 Å². The van der Waals surface area contributed by atoms with Crippen LogP contribution in [0.4, 0.5) is 0 Å². The number of pyridine rings is 12. The van der Waals surface area contributed by atoms with Crippen molar-refractivity contribution in [3.63, 3.8) is 0 Å². The number of hydrogen-bond donors (Lipinski definition) is 0. The van der Waals surface area contributed by atoms with Crippen molar-refractivity contribution in [2.75, 3.05) is 0 Å². The van der Waals surface area contributed by atoms with Crippen LogP contribution in [0, 0.1) is 0 Å². The minimum Gasteiger partial charge on any atom is -0.254 e. The first-order valence-corrected chi connectivity index (χ1v) is 28.8. The smallest absolute Gasteiger partial charge is 0.0996 e. The average Bonchev–Trinajstić information content (AvgIpc) is 1.06. The van der Waals surface area contributed by atoms with Crippen molar-refractivity contribution in [2.24, 2.45) is 0 Å². The standard InChI is InChI=1S/C24H12N6.C14H12N2.3C12H8N2.2Ru/c1-5-13-17(25-9-1)18-14(6-2-10-26-18)22-21(13)29-23-15-7-3-11-27-19(15)20-16(24(23)30-22)8-4-12-28-20;1-2-10-9-11-5-3-7-15-13(11)14-12(10)6-4-8-16-14;3*1-3-9-5-6-10-4-2-8-14-12(10)11(9)13-7-1;;/h1-12H;3-9H,2H2,1H3;3*1-8H;;. The van der Waals surface area contributed by atoms with Crippen LogP contribution in [0.15, 0.2) is 262 Å². The minimum atomic E-state index is 0. The zero-order chi connectivity index (χ0) is 58.8. The Morgan fingerprint density at radius 3 is 0.633 bits per heavy atom. The summed E-state index contributed by atoms with van der Waals surface area (Å²) >= 11 is 0. The van der Waals surface area contributed by atoms with Gasteiger partial charge in [-0.3, -0.25) is 59.8 Å². The molecule has 0 saturated carbocycles. The first-order valence-electron chi connectivity index (χ1n) is 28.8. The van der Waals surface area contributed by atoms with E-state index in [1.807, 2.05) is 109 Å². The molecule has 0 aliphatic heterocycles. The summed E-state index contributed by atoms with van der Waals surface area (Å²) in [5.74, 6) is 0. The van der Waals surface area contributed by atoms with E-state index in [4.69, 9.17) is 9.97 Å². The third kappa shape index (κ3) is 10.9. The minimum absolute atomic E-state index is 0. The Labute approximate surface area is 539 Å². The first-order chi connectivity index (χ1) is 43.6. The van der Waals surface area contributed by atoms with Gasteiger partial charge >= 0.3 is 0 Å². The number of aryl methyl sites for hydroxylation is 1. The number of rotatable bonds is 1. The molecule has 0 aliphatic carbocycles. The number of benzene rings is 6. The summed E-state index contributed by atoms with van der Waals surface area (Å²) in [6.07, 6.45) is 22.6. The van der Waals surface area contributed by atoms with E-state index in [2.05, 4.69) is 158 Å². The zero-order valence-corrected chi connectivity index (χ0v) is 51.5. The molecule has 0 amide bonds. The van der Waals surface area contributed by atoms with Gasteiger partial charge in [0.05, 0.1) is 88.3 Å². The molecule has 0 N–H and O–H groups in total. The Balaban J connectivity index is 0.000000107. The van der Waals surface area contributed by atoms with Crippen molar-refractivity contribution in [3.05, 3.63) is 268 Å². The van der Waals surface area contributed by atoms with Gasteiger partial charge in [0.25, 0.3) is 0 Å². The summed E-state index contributed by atoms with van der Waals surface area (Å²) in [6, 6.07) is 62.6. The molecular formula is C74H48N14Ru2. The topological polar surface area (TPSA) is 180 Å². The molecule has 16 heteroatoms. The molecule has 0 atom stereocenters. The monoisotopic (exact) mass is 1340 g/mol. The summed E-state index contributed by atoms with van der Waals surface area (Å²) in [6.45, 7) is 2.17. The molecule has 0 fully saturated rings. The van der Waals surface area contributed by atoms with E-state index in [1.54, 1.807) is 62.0 Å². The second kappa shape index (κ2) is 25.8. The van der Waals surface area contributed by atoms with E-state index >= 15 is 0 Å². The van der Waals surface area contributed by atoms with Gasteiger partial charge < -0.3 is 0 Å². The normalized spacial score (nSPS) is 11.0. The van der Waals surface area contributed by atoms with Crippen LogP contribution in [0.1, 0.15) is 12.5 Å². The van der Waals surface area contributed by atoms with Gasteiger partial charge in [0.2, 0.25) is 0 Å². The van der Waals surface area contributed by atoms with Crippen molar-refractivity contribution < 1.29 is 39.0 Å². The summed E-state index contributed by atoms with van der Waals surface area (Å²) in [4.78, 5) is 63.6. The van der Waals surface area contributed by atoms with Gasteiger partial charge in [-0.15, -0.1) is 0 Å². The van der Waals surface area contributed by atoms with E-state index in [0.717, 1.165) is 149 Å². The Hall–Kier alpha value is -10.9. The molecule has 0 unspecified atom stereocenters. The molecule has 14 nitrogen and oxygen atoms in total. The van der Waals surface area contributed by atoms with Gasteiger partial charge in [-0.25, -0.2) is 9.97 Å². The molecule has 0 aliphatic rings. The maximum absolute atomic E-state index is 5.14. The van der Waals surface area contributed by atoms with Crippen LogP contribution in [-0.4, -0.2) is 69.8 Å². The number of nitrogens with zero attached hydrogens (tertiary/aromatic N) is 14. The predicted octanol–water partition coefficient (Wildman–Crippen LogP) is 16.7. The quantitative estimate of drug-likeness (QED) is 0.0860. The summed E-state index contributed by atoms with van der Waals surface area (Å²) in [5.41, 5.74) is 15.8. The molecule has 0 spiro atoms. The van der Waals surface area contributed by atoms with E-state index in [1.165, 1.54) is 16.3 Å². The van der Waals surface area contributed by atoms with E-state index in [-0.39, 0.29) is 39.0 Å². The molecular weight excluding hydrogens is 1290 g/mol. The van der Waals surface area contributed by atoms with E-state index in [0.29, 0.717) is 0 Å². The SMILES string of the molecule is CCc1cc2cccnc2c2ncccc12.[Ru].[Ru].c1cnc2c(c1)c1nc3c4cccnc4c4ncccc4c3nc1c1cccnc12.c1cnc2c(c1)ccc1cccnc12.c1cnc2c(c1)ccc1cccnc12.c1cnc2c(c1)ccc1cccnc12. The molecule has 13 aromatic heterocycles. The van der Waals surface area contributed by atoms with Gasteiger partial charge in [0, 0.05) is 178 Å². The van der Waals surface area contributed by atoms with Crippen molar-refractivity contribution in [1.82, 2.24) is 69.8 Å². The number of aromatic nitrogens is 14. The van der Waals surface area contributed by atoms with Crippen LogP contribution in [-0.2, 0) is 45.4 Å². The Morgan fingerprint density at radius 2 is 0.389 bits per heavy atom. The third-order valence-electron chi connectivity index (χ3n) is 15.6. The van der Waals surface area contributed by atoms with Gasteiger partial charge in [-0.1, -0.05) is 91.9 Å². The maximum atomic E-state index is 5.14. The Bertz CT molecular complexity index is 5190. The fraction of sp³-hybridized carbons (Fsp3) is 0.0270. The van der Waals surface area contributed by atoms with Crippen molar-refractivity contribution >= 4 is 153 Å². The number of hydrogen-bond acceptors (Lipinski definition) is 14. The zero-order valence-electron chi connectivity index (χ0n) is 48.0. The van der Waals surface area contributed by atoms with Crippen LogP contribution >= 0.6 is 0 Å². The molecule has 90 heavy (non-hydrogen) atoms. The maximum Gasteiger partial charge on any atom is 0.0996 e. The molecule has 19 aromatic rings. The van der Waals surface area contributed by atoms with Gasteiger partial charge in [-0.2, -0.15) is 0 Å². The molecule has 0 radical (unpaired) electrons. The van der Waals surface area contributed by atoms with E-state index in [9.17, 15) is 0 Å². The average molecular weight is 1340 g/mol. The molecule has 0 saturated heterocycles. The van der Waals surface area contributed by atoms with Crippen molar-refractivity contribution in [2.45, 2.75) is 13.3 Å². The molecule has 6 aromatic carbocycles. The van der Waals surface area contributed by atoms with Crippen LogP contribution in [0.2, 0.25) is 0 Å². The third-order valence-corrected chi connectivity index (χ3v) is 15.6. The molecule has 13 heterocycles. The second-order valence-corrected chi connectivity index (χ2v) is 20.7. The van der Waals surface area contributed by atoms with Crippen LogP contribution in [0.3, 0.4) is 0 Å². The summed E-state index contributed by atoms with van der Waals surface area (Å²) < 4.78 is 0. The van der Waals surface area contributed by atoms with Crippen molar-refractivity contribution in [1.29, 1.82) is 0 Å². The van der Waals surface area contributed by atoms with Crippen molar-refractivity contribution in [3.8, 4) is 0 Å². The van der Waals surface area contributed by atoms with E-state index < -0.39 is 0 Å². The summed E-state index contributed by atoms with van der Waals surface area (Å²) in [5, 5.41) is 13.0. The van der Waals surface area contributed by atoms with Gasteiger partial charge in [0.15, 0.2) is 0 Å². The second-order valence-electron chi connectivity index (χ2n) is 20.7. The first kappa shape index (κ1) is 58.1. The molecule has 0 bridgehead atoms. The molecule has 430 valence electrons. The summed E-state index contributed by atoms with van der Waals surface area (Å²) in [7, 11) is 0. The Morgan fingerprint density at radius 1 is 0.200 bits per heavy atom. The number of fused-ring (bicyclic) bond motifs is 24. The van der Waals surface area contributed by atoms with Crippen LogP contribution < -0.4 is 0 Å². The van der Waals surface area contributed by atoms with Crippen LogP contribution in [0.5, 0.6) is 0 Å². The van der Waals surface area contributed by atoms with Gasteiger partial charge in [0.1, 0.15) is 0 Å². The Kier molecular flexibility index (Phi) is 16.7. The fourth-order valence-corrected chi connectivity index (χ4v) is 11.5.